The highest BCUT2D eigenvalue weighted by Crippen LogP contribution is 2.30. The highest BCUT2D eigenvalue weighted by atomic mass is 79.9. The van der Waals surface area contributed by atoms with E-state index in [4.69, 9.17) is 14.2 Å². The Bertz CT molecular complexity index is 1120. The molecule has 0 atom stereocenters. The highest BCUT2D eigenvalue weighted by Gasteiger charge is 2.09. The van der Waals surface area contributed by atoms with Crippen molar-refractivity contribution >= 4 is 50.0 Å². The molecule has 0 heterocycles. The number of carbonyl (C=O) groups is 2. The van der Waals surface area contributed by atoms with Crippen LogP contribution in [0.1, 0.15) is 15.9 Å². The number of methoxy groups -OCH3 is 1. The summed E-state index contributed by atoms with van der Waals surface area (Å²) < 4.78 is 17.7. The zero-order chi connectivity index (χ0) is 22.9. The summed E-state index contributed by atoms with van der Waals surface area (Å²) in [5.41, 5.74) is 3.55. The zero-order valence-electron chi connectivity index (χ0n) is 16.9. The molecule has 7 nitrogen and oxygen atoms in total. The van der Waals surface area contributed by atoms with Crippen molar-refractivity contribution in [1.29, 1.82) is 0 Å². The van der Waals surface area contributed by atoms with Crippen LogP contribution in [0.15, 0.2) is 80.8 Å². The number of amides is 1. The summed E-state index contributed by atoms with van der Waals surface area (Å²) >= 11 is 6.66. The second-order valence-corrected chi connectivity index (χ2v) is 8.17. The monoisotopic (exact) mass is 560 g/mol. The Labute approximate surface area is 201 Å². The summed E-state index contributed by atoms with van der Waals surface area (Å²) in [6.45, 7) is -0.222. The molecule has 3 aromatic rings. The number of hydrogen-bond donors (Lipinski definition) is 1. The van der Waals surface area contributed by atoms with Gasteiger partial charge in [0.1, 0.15) is 5.75 Å². The van der Waals surface area contributed by atoms with Gasteiger partial charge in [0, 0.05) is 8.95 Å². The second-order valence-electron chi connectivity index (χ2n) is 6.34. The van der Waals surface area contributed by atoms with E-state index in [1.807, 2.05) is 0 Å². The number of halogens is 2. The van der Waals surface area contributed by atoms with Crippen LogP contribution in [0.25, 0.3) is 0 Å². The molecule has 164 valence electrons. The van der Waals surface area contributed by atoms with Gasteiger partial charge in [-0.25, -0.2) is 10.2 Å². The first-order valence-electron chi connectivity index (χ1n) is 9.30. The number of hydrazone groups is 1. The molecule has 0 radical (unpaired) electrons. The summed E-state index contributed by atoms with van der Waals surface area (Å²) in [6.07, 6.45) is 1.47. The molecule has 0 aliphatic heterocycles. The van der Waals surface area contributed by atoms with Crippen LogP contribution in [0, 0.1) is 0 Å². The maximum Gasteiger partial charge on any atom is 0.343 e. The van der Waals surface area contributed by atoms with Crippen molar-refractivity contribution < 1.29 is 23.8 Å². The first-order valence-corrected chi connectivity index (χ1v) is 10.9. The van der Waals surface area contributed by atoms with Crippen LogP contribution in [0.4, 0.5) is 0 Å². The lowest BCUT2D eigenvalue weighted by molar-refractivity contribution is -0.123. The number of rotatable bonds is 8. The molecule has 0 aliphatic rings. The molecule has 0 aromatic heterocycles. The summed E-state index contributed by atoms with van der Waals surface area (Å²) in [4.78, 5) is 24.1. The van der Waals surface area contributed by atoms with E-state index in [1.54, 1.807) is 66.7 Å². The van der Waals surface area contributed by atoms with Gasteiger partial charge in [-0.3, -0.25) is 4.79 Å². The van der Waals surface area contributed by atoms with E-state index in [0.29, 0.717) is 28.4 Å². The van der Waals surface area contributed by atoms with Crippen molar-refractivity contribution in [2.75, 3.05) is 13.7 Å². The van der Waals surface area contributed by atoms with E-state index >= 15 is 0 Å². The first-order chi connectivity index (χ1) is 15.4. The Morgan fingerprint density at radius 3 is 2.31 bits per heavy atom. The van der Waals surface area contributed by atoms with E-state index in [1.165, 1.54) is 13.3 Å². The van der Waals surface area contributed by atoms with Crippen molar-refractivity contribution in [3.63, 3.8) is 0 Å². The molecule has 1 N–H and O–H groups in total. The quantitative estimate of drug-likeness (QED) is 0.182. The number of ether oxygens (including phenoxy) is 3. The van der Waals surface area contributed by atoms with Crippen LogP contribution < -0.4 is 19.6 Å². The zero-order valence-corrected chi connectivity index (χ0v) is 20.1. The van der Waals surface area contributed by atoms with Crippen LogP contribution in [0.3, 0.4) is 0 Å². The molecule has 0 fully saturated rings. The maximum absolute atomic E-state index is 12.1. The third-order valence-corrected chi connectivity index (χ3v) is 5.08. The Morgan fingerprint density at radius 2 is 1.62 bits per heavy atom. The van der Waals surface area contributed by atoms with Gasteiger partial charge in [0.25, 0.3) is 5.91 Å². The van der Waals surface area contributed by atoms with Crippen molar-refractivity contribution in [3.8, 4) is 17.2 Å². The molecule has 0 aliphatic carbocycles. The number of benzene rings is 3. The first kappa shape index (κ1) is 23.5. The molecule has 1 amide bonds. The molecule has 0 bridgehead atoms. The molecular weight excluding hydrogens is 544 g/mol. The third-order valence-electron chi connectivity index (χ3n) is 4.06. The molecule has 3 aromatic carbocycles. The van der Waals surface area contributed by atoms with Crippen molar-refractivity contribution in [1.82, 2.24) is 5.43 Å². The van der Waals surface area contributed by atoms with E-state index < -0.39 is 11.9 Å². The maximum atomic E-state index is 12.1. The van der Waals surface area contributed by atoms with Crippen LogP contribution in [0.2, 0.25) is 0 Å². The summed E-state index contributed by atoms with van der Waals surface area (Å²) in [7, 11) is 1.52. The summed E-state index contributed by atoms with van der Waals surface area (Å²) in [5, 5.41) is 3.90. The van der Waals surface area contributed by atoms with Crippen molar-refractivity contribution in [2.24, 2.45) is 5.10 Å². The van der Waals surface area contributed by atoms with Gasteiger partial charge in [-0.15, -0.1) is 0 Å². The molecular formula is C23H18Br2N2O5. The highest BCUT2D eigenvalue weighted by molar-refractivity contribution is 9.10. The Balaban J connectivity index is 1.47. The predicted octanol–water partition coefficient (Wildman–Crippen LogP) is 4.97. The van der Waals surface area contributed by atoms with Gasteiger partial charge in [0.2, 0.25) is 0 Å². The van der Waals surface area contributed by atoms with Gasteiger partial charge >= 0.3 is 5.97 Å². The lowest BCUT2D eigenvalue weighted by Gasteiger charge is -2.10. The minimum Gasteiger partial charge on any atom is -0.493 e. The average Bonchev–Trinajstić information content (AvgIpc) is 2.79. The molecule has 0 saturated heterocycles. The summed E-state index contributed by atoms with van der Waals surface area (Å²) in [5.74, 6) is 0.482. The summed E-state index contributed by atoms with van der Waals surface area (Å²) in [6, 6.07) is 18.8. The molecule has 9 heteroatoms. The SMILES string of the molecule is COc1cc(Br)ccc1OCC(=O)NN=Cc1ccc(OC(=O)c2ccc(Br)cc2)cc1. The van der Waals surface area contributed by atoms with Crippen LogP contribution in [-0.2, 0) is 4.79 Å². The fraction of sp³-hybridized carbons (Fsp3) is 0.0870. The normalized spacial score (nSPS) is 10.6. The fourth-order valence-electron chi connectivity index (χ4n) is 2.49. The Morgan fingerprint density at radius 1 is 0.938 bits per heavy atom. The molecule has 32 heavy (non-hydrogen) atoms. The standard InChI is InChI=1S/C23H18Br2N2O5/c1-30-21-12-18(25)8-11-20(21)31-14-22(28)27-26-13-15-2-9-19(10-3-15)32-23(29)16-4-6-17(24)7-5-16/h2-13H,14H2,1H3,(H,27,28). The van der Waals surface area contributed by atoms with Gasteiger partial charge in [0.15, 0.2) is 18.1 Å². The molecule has 3 rings (SSSR count). The van der Waals surface area contributed by atoms with Crippen LogP contribution in [0.5, 0.6) is 17.2 Å². The van der Waals surface area contributed by atoms with Gasteiger partial charge in [-0.05, 0) is 72.3 Å². The number of carbonyl (C=O) groups excluding carboxylic acids is 2. The van der Waals surface area contributed by atoms with Gasteiger partial charge in [0.05, 0.1) is 18.9 Å². The Kier molecular flexibility index (Phi) is 8.41. The van der Waals surface area contributed by atoms with Crippen molar-refractivity contribution in [2.45, 2.75) is 0 Å². The number of nitrogens with one attached hydrogen (secondary N) is 1. The fourth-order valence-corrected chi connectivity index (χ4v) is 3.09. The van der Waals surface area contributed by atoms with Gasteiger partial charge < -0.3 is 14.2 Å². The van der Waals surface area contributed by atoms with E-state index in [0.717, 1.165) is 8.95 Å². The second kappa shape index (κ2) is 11.4. The smallest absolute Gasteiger partial charge is 0.343 e. The largest absolute Gasteiger partial charge is 0.493 e. The third kappa shape index (κ3) is 6.93. The van der Waals surface area contributed by atoms with E-state index in [9.17, 15) is 9.59 Å². The minimum absolute atomic E-state index is 0.222. The van der Waals surface area contributed by atoms with Gasteiger partial charge in [-0.1, -0.05) is 31.9 Å². The number of nitrogens with zero attached hydrogens (tertiary/aromatic N) is 1. The lowest BCUT2D eigenvalue weighted by Crippen LogP contribution is -2.24. The number of hydrogen-bond acceptors (Lipinski definition) is 6. The van der Waals surface area contributed by atoms with Gasteiger partial charge in [-0.2, -0.15) is 5.10 Å². The number of esters is 1. The Hall–Kier alpha value is -3.17. The molecule has 0 saturated carbocycles. The predicted molar refractivity (Wildman–Crippen MR) is 127 cm³/mol. The van der Waals surface area contributed by atoms with E-state index in [2.05, 4.69) is 42.4 Å². The molecule has 0 spiro atoms. The van der Waals surface area contributed by atoms with Crippen LogP contribution in [-0.4, -0.2) is 31.8 Å². The molecule has 0 unspecified atom stereocenters. The van der Waals surface area contributed by atoms with Crippen molar-refractivity contribution in [3.05, 3.63) is 86.8 Å². The van der Waals surface area contributed by atoms with E-state index in [-0.39, 0.29) is 6.61 Å². The minimum atomic E-state index is -0.450. The topological polar surface area (TPSA) is 86.2 Å². The average molecular weight is 562 g/mol. The van der Waals surface area contributed by atoms with Crippen LogP contribution >= 0.6 is 31.9 Å². The lowest BCUT2D eigenvalue weighted by atomic mass is 10.2.